The third kappa shape index (κ3) is 4.05. The normalized spacial score (nSPS) is 10.5. The van der Waals surface area contributed by atoms with Crippen LogP contribution in [0.5, 0.6) is 0 Å². The maximum Gasteiger partial charge on any atom is 0.233 e. The van der Waals surface area contributed by atoms with E-state index in [1.54, 1.807) is 18.2 Å². The van der Waals surface area contributed by atoms with Gasteiger partial charge < -0.3 is 15.1 Å². The van der Waals surface area contributed by atoms with E-state index < -0.39 is 0 Å². The van der Waals surface area contributed by atoms with E-state index in [1.807, 2.05) is 30.3 Å². The number of carbonyl (C=O) groups excluding carboxylic acids is 1. The zero-order valence-electron chi connectivity index (χ0n) is 11.0. The van der Waals surface area contributed by atoms with Gasteiger partial charge in [-0.15, -0.1) is 11.8 Å². The molecule has 0 radical (unpaired) electrons. The molecule has 1 aromatic heterocycles. The molecule has 0 saturated heterocycles. The molecule has 20 heavy (non-hydrogen) atoms. The fourth-order valence-electron chi connectivity index (χ4n) is 1.61. The second-order valence-electron chi connectivity index (χ2n) is 4.30. The molecule has 0 unspecified atom stereocenters. The van der Waals surface area contributed by atoms with Crippen LogP contribution in [0.4, 0.5) is 5.69 Å². The van der Waals surface area contributed by atoms with Gasteiger partial charge >= 0.3 is 0 Å². The van der Waals surface area contributed by atoms with Gasteiger partial charge in [0.2, 0.25) is 5.91 Å². The smallest absolute Gasteiger partial charge is 0.233 e. The zero-order chi connectivity index (χ0) is 14.5. The molecule has 1 amide bonds. The van der Waals surface area contributed by atoms with Gasteiger partial charge in [-0.3, -0.25) is 4.79 Å². The molecule has 0 fully saturated rings. The predicted octanol–water partition coefficient (Wildman–Crippen LogP) is 3.38. The van der Waals surface area contributed by atoms with Crippen molar-refractivity contribution in [2.24, 2.45) is 0 Å². The highest BCUT2D eigenvalue weighted by molar-refractivity contribution is 9.10. The Hall–Kier alpha value is -1.40. The first-order valence-electron chi connectivity index (χ1n) is 6.00. The Bertz CT molecular complexity index is 587. The van der Waals surface area contributed by atoms with Crippen molar-refractivity contribution in [3.63, 3.8) is 0 Å². The van der Waals surface area contributed by atoms with Crippen LogP contribution in [0.2, 0.25) is 0 Å². The number of carbonyl (C=O) groups is 1. The molecule has 1 aromatic carbocycles. The summed E-state index contributed by atoms with van der Waals surface area (Å²) in [6.45, 7) is 0.473. The lowest BCUT2D eigenvalue weighted by molar-refractivity contribution is -0.127. The van der Waals surface area contributed by atoms with Crippen LogP contribution in [0.25, 0.3) is 0 Å². The maximum atomic E-state index is 12.0. The number of hydrogen-bond acceptors (Lipinski definition) is 4. The van der Waals surface area contributed by atoms with Gasteiger partial charge in [0.05, 0.1) is 18.6 Å². The third-order valence-electron chi connectivity index (χ3n) is 2.73. The van der Waals surface area contributed by atoms with Gasteiger partial charge in [-0.1, -0.05) is 15.9 Å². The molecule has 0 atom stereocenters. The zero-order valence-corrected chi connectivity index (χ0v) is 13.4. The number of benzene rings is 1. The molecule has 0 aliphatic carbocycles. The van der Waals surface area contributed by atoms with E-state index >= 15 is 0 Å². The van der Waals surface area contributed by atoms with Crippen LogP contribution in [-0.2, 0) is 11.3 Å². The lowest BCUT2D eigenvalue weighted by atomic mass is 10.3. The van der Waals surface area contributed by atoms with Crippen molar-refractivity contribution in [1.82, 2.24) is 4.90 Å². The lowest BCUT2D eigenvalue weighted by Crippen LogP contribution is -2.27. The first-order valence-corrected chi connectivity index (χ1v) is 7.78. The Morgan fingerprint density at radius 3 is 2.95 bits per heavy atom. The fourth-order valence-corrected chi connectivity index (χ4v) is 3.06. The maximum absolute atomic E-state index is 12.0. The van der Waals surface area contributed by atoms with Crippen LogP contribution in [0.3, 0.4) is 0 Å². The van der Waals surface area contributed by atoms with Crippen molar-refractivity contribution >= 4 is 39.3 Å². The first kappa shape index (κ1) is 15.0. The standard InChI is InChI=1S/C14H15BrN2O2S/c1-17(8-11-3-2-6-19-11)14(18)9-20-13-7-10(15)4-5-12(13)16/h2-7H,8-9,16H2,1H3. The number of halogens is 1. The van der Waals surface area contributed by atoms with Crippen LogP contribution >= 0.6 is 27.7 Å². The topological polar surface area (TPSA) is 59.5 Å². The second-order valence-corrected chi connectivity index (χ2v) is 6.23. The Morgan fingerprint density at radius 1 is 1.45 bits per heavy atom. The summed E-state index contributed by atoms with van der Waals surface area (Å²) in [4.78, 5) is 14.6. The predicted molar refractivity (Wildman–Crippen MR) is 84.5 cm³/mol. The van der Waals surface area contributed by atoms with Crippen molar-refractivity contribution in [3.05, 3.63) is 46.8 Å². The second kappa shape index (κ2) is 6.85. The Balaban J connectivity index is 1.89. The summed E-state index contributed by atoms with van der Waals surface area (Å²) in [5.41, 5.74) is 6.56. The number of nitrogen functional groups attached to an aromatic ring is 1. The monoisotopic (exact) mass is 354 g/mol. The van der Waals surface area contributed by atoms with Crippen LogP contribution < -0.4 is 5.73 Å². The highest BCUT2D eigenvalue weighted by Gasteiger charge is 2.12. The minimum Gasteiger partial charge on any atom is -0.467 e. The molecule has 0 aliphatic rings. The Morgan fingerprint density at radius 2 is 2.25 bits per heavy atom. The van der Waals surface area contributed by atoms with E-state index in [-0.39, 0.29) is 5.91 Å². The van der Waals surface area contributed by atoms with Gasteiger partial charge in [0, 0.05) is 22.1 Å². The van der Waals surface area contributed by atoms with Crippen LogP contribution in [0.1, 0.15) is 5.76 Å². The number of rotatable bonds is 5. The molecule has 0 saturated carbocycles. The van der Waals surface area contributed by atoms with E-state index in [9.17, 15) is 4.79 Å². The molecule has 0 spiro atoms. The van der Waals surface area contributed by atoms with E-state index in [0.29, 0.717) is 18.0 Å². The summed E-state index contributed by atoms with van der Waals surface area (Å²) >= 11 is 4.83. The van der Waals surface area contributed by atoms with E-state index in [1.165, 1.54) is 11.8 Å². The Kier molecular flexibility index (Phi) is 5.14. The SMILES string of the molecule is CN(Cc1ccco1)C(=O)CSc1cc(Br)ccc1N. The van der Waals surface area contributed by atoms with E-state index in [0.717, 1.165) is 15.1 Å². The number of anilines is 1. The van der Waals surface area contributed by atoms with Crippen molar-refractivity contribution in [2.75, 3.05) is 18.5 Å². The van der Waals surface area contributed by atoms with Gasteiger partial charge in [0.25, 0.3) is 0 Å². The minimum absolute atomic E-state index is 0.0331. The summed E-state index contributed by atoms with van der Waals surface area (Å²) < 4.78 is 6.17. The van der Waals surface area contributed by atoms with Crippen LogP contribution in [-0.4, -0.2) is 23.6 Å². The van der Waals surface area contributed by atoms with Crippen LogP contribution in [0.15, 0.2) is 50.4 Å². The van der Waals surface area contributed by atoms with Crippen molar-refractivity contribution in [2.45, 2.75) is 11.4 Å². The highest BCUT2D eigenvalue weighted by atomic mass is 79.9. The number of furan rings is 1. The average Bonchev–Trinajstić information content (AvgIpc) is 2.92. The van der Waals surface area contributed by atoms with Crippen molar-refractivity contribution in [1.29, 1.82) is 0 Å². The van der Waals surface area contributed by atoms with Crippen molar-refractivity contribution < 1.29 is 9.21 Å². The Labute approximate surface area is 130 Å². The largest absolute Gasteiger partial charge is 0.467 e. The number of hydrogen-bond donors (Lipinski definition) is 1. The number of thioether (sulfide) groups is 1. The summed E-state index contributed by atoms with van der Waals surface area (Å²) in [7, 11) is 1.76. The number of amides is 1. The molecule has 0 aliphatic heterocycles. The van der Waals surface area contributed by atoms with Gasteiger partial charge in [-0.25, -0.2) is 0 Å². The average molecular weight is 355 g/mol. The highest BCUT2D eigenvalue weighted by Crippen LogP contribution is 2.28. The van der Waals surface area contributed by atoms with Crippen LogP contribution in [0, 0.1) is 0 Å². The fraction of sp³-hybridized carbons (Fsp3) is 0.214. The molecule has 4 nitrogen and oxygen atoms in total. The quantitative estimate of drug-likeness (QED) is 0.660. The minimum atomic E-state index is 0.0331. The molecule has 106 valence electrons. The third-order valence-corrected chi connectivity index (χ3v) is 4.27. The molecular weight excluding hydrogens is 340 g/mol. The van der Waals surface area contributed by atoms with Gasteiger partial charge in [0.1, 0.15) is 5.76 Å². The molecule has 2 N–H and O–H groups in total. The van der Waals surface area contributed by atoms with E-state index in [2.05, 4.69) is 15.9 Å². The summed E-state index contributed by atoms with van der Waals surface area (Å²) in [6, 6.07) is 9.28. The summed E-state index contributed by atoms with van der Waals surface area (Å²) in [6.07, 6.45) is 1.60. The van der Waals surface area contributed by atoms with Crippen molar-refractivity contribution in [3.8, 4) is 0 Å². The van der Waals surface area contributed by atoms with Gasteiger partial charge in [-0.05, 0) is 30.3 Å². The molecule has 0 bridgehead atoms. The summed E-state index contributed by atoms with van der Waals surface area (Å²) in [5, 5.41) is 0. The van der Waals surface area contributed by atoms with Gasteiger partial charge in [0.15, 0.2) is 0 Å². The van der Waals surface area contributed by atoms with E-state index in [4.69, 9.17) is 10.2 Å². The lowest BCUT2D eigenvalue weighted by Gasteiger charge is -2.15. The molecule has 6 heteroatoms. The molecule has 2 aromatic rings. The summed E-state index contributed by atoms with van der Waals surface area (Å²) in [5.74, 6) is 1.15. The number of nitrogens with two attached hydrogens (primary N) is 1. The molecule has 2 rings (SSSR count). The first-order chi connectivity index (χ1) is 9.56. The molecule has 1 heterocycles. The number of nitrogens with zero attached hydrogens (tertiary/aromatic N) is 1. The van der Waals surface area contributed by atoms with Gasteiger partial charge in [-0.2, -0.15) is 0 Å². The molecular formula is C14H15BrN2O2S.